The number of rotatable bonds is 3. The minimum Gasteiger partial charge on any atom is -0.343 e. The quantitative estimate of drug-likeness (QED) is 0.821. The van der Waals surface area contributed by atoms with Gasteiger partial charge in [0.25, 0.3) is 0 Å². The second-order valence-corrected chi connectivity index (χ2v) is 4.45. The van der Waals surface area contributed by atoms with E-state index >= 15 is 0 Å². The van der Waals surface area contributed by atoms with E-state index in [0.29, 0.717) is 25.3 Å². The van der Waals surface area contributed by atoms with Crippen molar-refractivity contribution in [3.05, 3.63) is 48.1 Å². The maximum absolute atomic E-state index is 11.9. The minimum atomic E-state index is 0.0555. The first-order chi connectivity index (χ1) is 8.83. The van der Waals surface area contributed by atoms with Crippen LogP contribution in [0.3, 0.4) is 0 Å². The van der Waals surface area contributed by atoms with E-state index in [1.165, 1.54) is 6.39 Å². The predicted molar refractivity (Wildman–Crippen MR) is 63.5 cm³/mol. The highest BCUT2D eigenvalue weighted by atomic mass is 16.5. The van der Waals surface area contributed by atoms with Crippen molar-refractivity contribution in [1.82, 2.24) is 15.0 Å². The zero-order valence-corrected chi connectivity index (χ0v) is 9.82. The van der Waals surface area contributed by atoms with Gasteiger partial charge in [-0.1, -0.05) is 35.5 Å². The molecule has 1 fully saturated rings. The normalized spacial score (nSPS) is 19.4. The number of carbonyl (C=O) groups is 1. The summed E-state index contributed by atoms with van der Waals surface area (Å²) in [7, 11) is 0. The number of benzene rings is 1. The van der Waals surface area contributed by atoms with E-state index in [1.807, 2.05) is 35.2 Å². The molecule has 5 nitrogen and oxygen atoms in total. The molecule has 18 heavy (non-hydrogen) atoms. The van der Waals surface area contributed by atoms with E-state index in [2.05, 4.69) is 10.1 Å². The van der Waals surface area contributed by atoms with Gasteiger partial charge >= 0.3 is 0 Å². The summed E-state index contributed by atoms with van der Waals surface area (Å²) in [6.07, 6.45) is 1.77. The summed E-state index contributed by atoms with van der Waals surface area (Å²) in [5.74, 6) is 0.826. The van der Waals surface area contributed by atoms with Crippen LogP contribution in [0.1, 0.15) is 23.7 Å². The highest BCUT2D eigenvalue weighted by Crippen LogP contribution is 2.26. The van der Waals surface area contributed by atoms with Gasteiger partial charge < -0.3 is 9.42 Å². The second-order valence-electron chi connectivity index (χ2n) is 4.45. The van der Waals surface area contributed by atoms with Crippen LogP contribution in [0.4, 0.5) is 0 Å². The third-order valence-electron chi connectivity index (χ3n) is 3.17. The van der Waals surface area contributed by atoms with Crippen molar-refractivity contribution in [1.29, 1.82) is 0 Å². The lowest BCUT2D eigenvalue weighted by Crippen LogP contribution is -2.24. The van der Waals surface area contributed by atoms with Crippen LogP contribution >= 0.6 is 0 Å². The Morgan fingerprint density at radius 3 is 2.89 bits per heavy atom. The molecule has 1 amide bonds. The first-order valence-corrected chi connectivity index (χ1v) is 5.91. The van der Waals surface area contributed by atoms with Crippen molar-refractivity contribution in [3.8, 4) is 0 Å². The Bertz CT molecular complexity index is 524. The summed E-state index contributed by atoms with van der Waals surface area (Å²) in [5.41, 5.74) is 1.14. The topological polar surface area (TPSA) is 59.2 Å². The molecule has 3 rings (SSSR count). The van der Waals surface area contributed by atoms with Crippen molar-refractivity contribution in [2.24, 2.45) is 0 Å². The van der Waals surface area contributed by atoms with Crippen LogP contribution in [0.25, 0.3) is 0 Å². The molecule has 2 aromatic rings. The highest BCUT2D eigenvalue weighted by Gasteiger charge is 2.32. The fourth-order valence-electron chi connectivity index (χ4n) is 2.26. The van der Waals surface area contributed by atoms with Crippen molar-refractivity contribution in [3.63, 3.8) is 0 Å². The molecule has 0 spiro atoms. The fourth-order valence-corrected chi connectivity index (χ4v) is 2.26. The molecule has 1 atom stereocenters. The van der Waals surface area contributed by atoms with Crippen LogP contribution < -0.4 is 0 Å². The minimum absolute atomic E-state index is 0.0555. The van der Waals surface area contributed by atoms with E-state index in [-0.39, 0.29) is 11.8 Å². The lowest BCUT2D eigenvalue weighted by Gasteiger charge is -2.15. The van der Waals surface area contributed by atoms with Crippen LogP contribution in [0.2, 0.25) is 0 Å². The molecule has 5 heteroatoms. The molecule has 1 aliphatic heterocycles. The van der Waals surface area contributed by atoms with Gasteiger partial charge in [-0.25, -0.2) is 0 Å². The maximum Gasteiger partial charge on any atom is 0.223 e. The summed E-state index contributed by atoms with van der Waals surface area (Å²) >= 11 is 0. The summed E-state index contributed by atoms with van der Waals surface area (Å²) < 4.78 is 4.72. The monoisotopic (exact) mass is 243 g/mol. The Hall–Kier alpha value is -2.17. The van der Waals surface area contributed by atoms with Gasteiger partial charge in [-0.15, -0.1) is 0 Å². The molecule has 0 N–H and O–H groups in total. The van der Waals surface area contributed by atoms with Gasteiger partial charge in [-0.3, -0.25) is 4.79 Å². The van der Waals surface area contributed by atoms with Crippen LogP contribution in [0.5, 0.6) is 0 Å². The molecule has 0 bridgehead atoms. The van der Waals surface area contributed by atoms with E-state index in [9.17, 15) is 4.79 Å². The standard InChI is InChI=1S/C13H13N3O2/c17-12-6-11(13-14-9-18-15-13)8-16(12)7-10-4-2-1-3-5-10/h1-5,9,11H,6-8H2. The summed E-state index contributed by atoms with van der Waals surface area (Å²) in [6.45, 7) is 1.31. The number of aromatic nitrogens is 2. The van der Waals surface area contributed by atoms with Crippen molar-refractivity contribution >= 4 is 5.91 Å². The average molecular weight is 243 g/mol. The molecular weight excluding hydrogens is 230 g/mol. The molecule has 1 aromatic carbocycles. The first kappa shape index (κ1) is 11.0. The Morgan fingerprint density at radius 1 is 1.33 bits per heavy atom. The number of hydrogen-bond donors (Lipinski definition) is 0. The fraction of sp³-hybridized carbons (Fsp3) is 0.308. The van der Waals surface area contributed by atoms with E-state index in [4.69, 9.17) is 4.52 Å². The summed E-state index contributed by atoms with van der Waals surface area (Å²) in [6, 6.07) is 9.97. The Labute approximate surface area is 104 Å². The van der Waals surface area contributed by atoms with Crippen molar-refractivity contribution in [2.75, 3.05) is 6.54 Å². The zero-order valence-electron chi connectivity index (χ0n) is 9.82. The molecule has 2 heterocycles. The van der Waals surface area contributed by atoms with Crippen LogP contribution in [-0.4, -0.2) is 27.5 Å². The average Bonchev–Trinajstić information content (AvgIpc) is 3.01. The maximum atomic E-state index is 11.9. The Kier molecular flexibility index (Phi) is 2.80. The van der Waals surface area contributed by atoms with Crippen LogP contribution in [0, 0.1) is 0 Å². The third-order valence-corrected chi connectivity index (χ3v) is 3.17. The molecule has 92 valence electrons. The molecule has 1 aromatic heterocycles. The van der Waals surface area contributed by atoms with Gasteiger partial charge in [0.05, 0.1) is 0 Å². The van der Waals surface area contributed by atoms with Crippen LogP contribution in [-0.2, 0) is 11.3 Å². The number of amides is 1. The van der Waals surface area contributed by atoms with Gasteiger partial charge in [0.15, 0.2) is 5.82 Å². The molecule has 1 aliphatic rings. The zero-order chi connectivity index (χ0) is 12.4. The molecule has 1 unspecified atom stereocenters. The molecule has 0 saturated carbocycles. The molecule has 1 saturated heterocycles. The highest BCUT2D eigenvalue weighted by molar-refractivity contribution is 5.79. The number of carbonyl (C=O) groups excluding carboxylic acids is 1. The lowest BCUT2D eigenvalue weighted by atomic mass is 10.1. The van der Waals surface area contributed by atoms with Gasteiger partial charge in [0, 0.05) is 25.4 Å². The first-order valence-electron chi connectivity index (χ1n) is 5.91. The summed E-state index contributed by atoms with van der Waals surface area (Å²) in [4.78, 5) is 17.8. The largest absolute Gasteiger partial charge is 0.343 e. The van der Waals surface area contributed by atoms with Gasteiger partial charge in [-0.2, -0.15) is 4.98 Å². The lowest BCUT2D eigenvalue weighted by molar-refractivity contribution is -0.128. The predicted octanol–water partition coefficient (Wildman–Crippen LogP) is 1.59. The molecule has 0 aliphatic carbocycles. The smallest absolute Gasteiger partial charge is 0.223 e. The van der Waals surface area contributed by atoms with Crippen LogP contribution in [0.15, 0.2) is 41.2 Å². The molecule has 0 radical (unpaired) electrons. The van der Waals surface area contributed by atoms with E-state index in [1.54, 1.807) is 0 Å². The third kappa shape index (κ3) is 2.11. The number of likely N-dealkylation sites (tertiary alicyclic amines) is 1. The van der Waals surface area contributed by atoms with Gasteiger partial charge in [0.2, 0.25) is 12.3 Å². The number of hydrogen-bond acceptors (Lipinski definition) is 4. The Morgan fingerprint density at radius 2 is 2.17 bits per heavy atom. The van der Waals surface area contributed by atoms with E-state index < -0.39 is 0 Å². The number of nitrogens with zero attached hydrogens (tertiary/aromatic N) is 3. The van der Waals surface area contributed by atoms with Crippen molar-refractivity contribution in [2.45, 2.75) is 18.9 Å². The van der Waals surface area contributed by atoms with E-state index in [0.717, 1.165) is 5.56 Å². The SMILES string of the molecule is O=C1CC(c2ncon2)CN1Cc1ccccc1. The second kappa shape index (κ2) is 4.60. The summed E-state index contributed by atoms with van der Waals surface area (Å²) in [5, 5.41) is 3.81. The van der Waals surface area contributed by atoms with Gasteiger partial charge in [0.1, 0.15) is 0 Å². The Balaban J connectivity index is 1.70. The van der Waals surface area contributed by atoms with Crippen molar-refractivity contribution < 1.29 is 9.32 Å². The molecular formula is C13H13N3O2. The van der Waals surface area contributed by atoms with Gasteiger partial charge in [-0.05, 0) is 5.56 Å².